The minimum atomic E-state index is -0.462. The normalized spacial score (nSPS) is 12.6. The van der Waals surface area contributed by atoms with Gasteiger partial charge < -0.3 is 15.2 Å². The average Bonchev–Trinajstić information content (AvgIpc) is 2.43. The molecule has 0 bridgehead atoms. The third kappa shape index (κ3) is 4.79. The van der Waals surface area contributed by atoms with Gasteiger partial charge in [0.25, 0.3) is 0 Å². The maximum atomic E-state index is 14.0. The lowest BCUT2D eigenvalue weighted by molar-refractivity contribution is 0.103. The van der Waals surface area contributed by atoms with Crippen LogP contribution < -0.4 is 5.73 Å². The highest BCUT2D eigenvalue weighted by atomic mass is 32.1. The molecule has 0 radical (unpaired) electrons. The molecule has 2 N–H and O–H groups in total. The predicted molar refractivity (Wildman–Crippen MR) is 81.3 cm³/mol. The number of nitrogens with zero attached hydrogens (tertiary/aromatic N) is 1. The van der Waals surface area contributed by atoms with Gasteiger partial charge in [-0.3, -0.25) is 4.90 Å². The maximum Gasteiger partial charge on any atom is 0.128 e. The second-order valence-corrected chi connectivity index (χ2v) is 4.82. The summed E-state index contributed by atoms with van der Waals surface area (Å²) in [5.74, 6) is -0.315. The van der Waals surface area contributed by atoms with E-state index in [1.165, 1.54) is 6.07 Å². The summed E-state index contributed by atoms with van der Waals surface area (Å²) >= 11 is 5.12. The Morgan fingerprint density at radius 2 is 1.80 bits per heavy atom. The number of thiocarbonyl (C=S) groups is 1. The van der Waals surface area contributed by atoms with Gasteiger partial charge in [-0.05, 0) is 6.07 Å². The van der Waals surface area contributed by atoms with Gasteiger partial charge in [0.2, 0.25) is 0 Å². The lowest BCUT2D eigenvalue weighted by Crippen LogP contribution is -2.41. The molecular formula is C14H21FN2O2S. The van der Waals surface area contributed by atoms with Gasteiger partial charge in [-0.15, -0.1) is 0 Å². The van der Waals surface area contributed by atoms with Crippen LogP contribution in [0, 0.1) is 5.82 Å². The number of rotatable bonds is 9. The number of hydrogen-bond acceptors (Lipinski definition) is 4. The molecule has 1 aromatic rings. The van der Waals surface area contributed by atoms with Crippen molar-refractivity contribution in [1.29, 1.82) is 0 Å². The Balaban J connectivity index is 3.00. The van der Waals surface area contributed by atoms with Gasteiger partial charge in [0.15, 0.2) is 0 Å². The number of hydrogen-bond donors (Lipinski definition) is 1. The van der Waals surface area contributed by atoms with Crippen molar-refractivity contribution in [3.8, 4) is 0 Å². The Morgan fingerprint density at radius 1 is 1.25 bits per heavy atom. The molecular weight excluding hydrogens is 279 g/mol. The maximum absolute atomic E-state index is 14.0. The summed E-state index contributed by atoms with van der Waals surface area (Å²) in [6.07, 6.45) is 0. The molecule has 0 aliphatic rings. The summed E-state index contributed by atoms with van der Waals surface area (Å²) in [5.41, 5.74) is 6.30. The van der Waals surface area contributed by atoms with Gasteiger partial charge >= 0.3 is 0 Å². The summed E-state index contributed by atoms with van der Waals surface area (Å²) < 4.78 is 24.2. The third-order valence-corrected chi connectivity index (χ3v) is 3.22. The van der Waals surface area contributed by atoms with E-state index in [-0.39, 0.29) is 10.8 Å². The van der Waals surface area contributed by atoms with Crippen molar-refractivity contribution in [3.05, 3.63) is 35.6 Å². The van der Waals surface area contributed by atoms with E-state index in [0.29, 0.717) is 31.9 Å². The first-order valence-electron chi connectivity index (χ1n) is 6.37. The molecule has 0 fully saturated rings. The molecule has 0 amide bonds. The quantitative estimate of drug-likeness (QED) is 0.704. The van der Waals surface area contributed by atoms with E-state index in [1.54, 1.807) is 32.4 Å². The van der Waals surface area contributed by atoms with E-state index in [0.717, 1.165) is 0 Å². The van der Waals surface area contributed by atoms with Crippen molar-refractivity contribution < 1.29 is 13.9 Å². The minimum absolute atomic E-state index is 0.238. The van der Waals surface area contributed by atoms with E-state index >= 15 is 0 Å². The minimum Gasteiger partial charge on any atom is -0.392 e. The zero-order valence-corrected chi connectivity index (χ0v) is 12.7. The smallest absolute Gasteiger partial charge is 0.128 e. The van der Waals surface area contributed by atoms with E-state index in [9.17, 15) is 4.39 Å². The summed E-state index contributed by atoms with van der Waals surface area (Å²) in [6.45, 7) is 2.21. The van der Waals surface area contributed by atoms with Crippen LogP contribution in [0.25, 0.3) is 0 Å². The van der Waals surface area contributed by atoms with Crippen LogP contribution in [0.4, 0.5) is 4.39 Å². The van der Waals surface area contributed by atoms with Crippen LogP contribution in [-0.2, 0) is 9.47 Å². The van der Waals surface area contributed by atoms with Crippen molar-refractivity contribution >= 4 is 17.2 Å². The summed E-state index contributed by atoms with van der Waals surface area (Å²) in [5, 5.41) is 0. The molecule has 0 saturated carbocycles. The molecule has 0 saturated heterocycles. The molecule has 0 aliphatic heterocycles. The second-order valence-electron chi connectivity index (χ2n) is 4.35. The molecule has 0 spiro atoms. The van der Waals surface area contributed by atoms with Gasteiger partial charge in [0.05, 0.1) is 24.2 Å². The van der Waals surface area contributed by atoms with Crippen LogP contribution in [0.3, 0.4) is 0 Å². The third-order valence-electron chi connectivity index (χ3n) is 3.00. The van der Waals surface area contributed by atoms with Gasteiger partial charge in [0, 0.05) is 32.9 Å². The lowest BCUT2D eigenvalue weighted by atomic mass is 10.0. The molecule has 1 aromatic carbocycles. The first kappa shape index (κ1) is 17.0. The van der Waals surface area contributed by atoms with Crippen molar-refractivity contribution in [2.45, 2.75) is 6.04 Å². The molecule has 6 heteroatoms. The standard InChI is InChI=1S/C14H21FN2O2S/c1-18-9-7-17(8-10-19-2)13(14(16)20)11-5-3-4-6-12(11)15/h3-6,13H,7-10H2,1-2H3,(H2,16,20). The van der Waals surface area contributed by atoms with Crippen molar-refractivity contribution in [3.63, 3.8) is 0 Å². The van der Waals surface area contributed by atoms with Crippen LogP contribution in [0.5, 0.6) is 0 Å². The highest BCUT2D eigenvalue weighted by molar-refractivity contribution is 7.80. The van der Waals surface area contributed by atoms with Gasteiger partial charge in [-0.25, -0.2) is 4.39 Å². The molecule has 1 unspecified atom stereocenters. The second kappa shape index (κ2) is 8.97. The van der Waals surface area contributed by atoms with Crippen molar-refractivity contribution in [1.82, 2.24) is 4.90 Å². The number of nitrogens with two attached hydrogens (primary N) is 1. The largest absolute Gasteiger partial charge is 0.392 e. The fourth-order valence-electron chi connectivity index (χ4n) is 2.01. The SMILES string of the molecule is COCCN(CCOC)C(C(N)=S)c1ccccc1F. The van der Waals surface area contributed by atoms with Gasteiger partial charge in [-0.1, -0.05) is 30.4 Å². The van der Waals surface area contributed by atoms with Crippen LogP contribution >= 0.6 is 12.2 Å². The topological polar surface area (TPSA) is 47.7 Å². The summed E-state index contributed by atoms with van der Waals surface area (Å²) in [6, 6.07) is 6.06. The van der Waals surface area contributed by atoms with E-state index in [1.807, 2.05) is 4.90 Å². The Bertz CT molecular complexity index is 423. The fourth-order valence-corrected chi connectivity index (χ4v) is 2.29. The summed E-state index contributed by atoms with van der Waals surface area (Å²) in [7, 11) is 3.24. The van der Waals surface area contributed by atoms with E-state index in [2.05, 4.69) is 0 Å². The molecule has 4 nitrogen and oxygen atoms in total. The molecule has 1 rings (SSSR count). The lowest BCUT2D eigenvalue weighted by Gasteiger charge is -2.31. The predicted octanol–water partition coefficient (Wildman–Crippen LogP) is 1.75. The first-order chi connectivity index (χ1) is 9.61. The number of benzene rings is 1. The number of methoxy groups -OCH3 is 2. The number of halogens is 1. The number of ether oxygens (including phenoxy) is 2. The van der Waals surface area contributed by atoms with E-state index < -0.39 is 6.04 Å². The van der Waals surface area contributed by atoms with Crippen molar-refractivity contribution in [2.24, 2.45) is 5.73 Å². The average molecular weight is 300 g/mol. The molecule has 0 aliphatic carbocycles. The van der Waals surface area contributed by atoms with E-state index in [4.69, 9.17) is 27.4 Å². The highest BCUT2D eigenvalue weighted by Gasteiger charge is 2.25. The zero-order chi connectivity index (χ0) is 15.0. The first-order valence-corrected chi connectivity index (χ1v) is 6.78. The highest BCUT2D eigenvalue weighted by Crippen LogP contribution is 2.23. The molecule has 20 heavy (non-hydrogen) atoms. The Kier molecular flexibility index (Phi) is 7.61. The van der Waals surface area contributed by atoms with Gasteiger partial charge in [0.1, 0.15) is 5.82 Å². The summed E-state index contributed by atoms with van der Waals surface area (Å²) in [4.78, 5) is 2.20. The molecule has 112 valence electrons. The van der Waals surface area contributed by atoms with Crippen LogP contribution in [0.1, 0.15) is 11.6 Å². The Morgan fingerprint density at radius 3 is 2.25 bits per heavy atom. The molecule has 0 heterocycles. The zero-order valence-electron chi connectivity index (χ0n) is 11.8. The van der Waals surface area contributed by atoms with Crippen LogP contribution in [0.2, 0.25) is 0 Å². The van der Waals surface area contributed by atoms with Crippen molar-refractivity contribution in [2.75, 3.05) is 40.5 Å². The monoisotopic (exact) mass is 300 g/mol. The Hall–Kier alpha value is -1.08. The molecule has 0 aromatic heterocycles. The van der Waals surface area contributed by atoms with Gasteiger partial charge in [-0.2, -0.15) is 0 Å². The van der Waals surface area contributed by atoms with Crippen LogP contribution in [-0.4, -0.2) is 50.4 Å². The Labute approximate surface area is 124 Å². The molecule has 1 atom stereocenters. The fraction of sp³-hybridized carbons (Fsp3) is 0.500. The van der Waals surface area contributed by atoms with Crippen LogP contribution in [0.15, 0.2) is 24.3 Å².